The first-order valence-electron chi connectivity index (χ1n) is 21.2. The third-order valence-electron chi connectivity index (χ3n) is 10.9. The smallest absolute Gasteiger partial charge is 0.251 e. The summed E-state index contributed by atoms with van der Waals surface area (Å²) in [5.41, 5.74) is 5.58. The molecular formula is C47H57N9O6. The van der Waals surface area contributed by atoms with Crippen LogP contribution >= 0.6 is 0 Å². The Morgan fingerprint density at radius 3 is 2.21 bits per heavy atom. The van der Waals surface area contributed by atoms with Gasteiger partial charge in [0.05, 0.1) is 66.7 Å². The summed E-state index contributed by atoms with van der Waals surface area (Å²) in [5, 5.41) is 13.3. The van der Waals surface area contributed by atoms with E-state index in [0.29, 0.717) is 70.0 Å². The molecule has 62 heavy (non-hydrogen) atoms. The summed E-state index contributed by atoms with van der Waals surface area (Å²) in [6.07, 6.45) is 15.5. The second-order valence-electron chi connectivity index (χ2n) is 14.9. The summed E-state index contributed by atoms with van der Waals surface area (Å²) < 4.78 is 15.4. The Bertz CT molecular complexity index is 2420. The van der Waals surface area contributed by atoms with Gasteiger partial charge in [-0.3, -0.25) is 29.2 Å². The first-order chi connectivity index (χ1) is 30.2. The number of pyridine rings is 1. The number of rotatable bonds is 22. The average Bonchev–Trinajstić information content (AvgIpc) is 4.08. The minimum absolute atomic E-state index is 0.0577. The Labute approximate surface area is 362 Å². The third-order valence-corrected chi connectivity index (χ3v) is 10.9. The van der Waals surface area contributed by atoms with Gasteiger partial charge in [0.25, 0.3) is 11.8 Å². The van der Waals surface area contributed by atoms with Crippen molar-refractivity contribution in [3.8, 4) is 5.69 Å². The number of aliphatic imine (C=N–C) groups is 1. The minimum atomic E-state index is -0.387. The maximum absolute atomic E-state index is 13.3. The van der Waals surface area contributed by atoms with E-state index < -0.39 is 0 Å². The molecule has 0 saturated carbocycles. The summed E-state index contributed by atoms with van der Waals surface area (Å²) in [7, 11) is 1.70. The molecule has 1 aliphatic rings. The van der Waals surface area contributed by atoms with Crippen LogP contribution in [0.25, 0.3) is 33.2 Å². The number of hydrogen-bond acceptors (Lipinski definition) is 9. The fourth-order valence-electron chi connectivity index (χ4n) is 7.57. The van der Waals surface area contributed by atoms with Crippen molar-refractivity contribution in [2.75, 3.05) is 59.7 Å². The van der Waals surface area contributed by atoms with Crippen LogP contribution in [0.2, 0.25) is 0 Å². The molecule has 15 nitrogen and oxygen atoms in total. The molecule has 0 radical (unpaired) electrons. The molecule has 15 heteroatoms. The van der Waals surface area contributed by atoms with Gasteiger partial charge < -0.3 is 44.8 Å². The summed E-state index contributed by atoms with van der Waals surface area (Å²) in [6.45, 7) is 10.6. The Balaban J connectivity index is 0.890. The number of hydrogen-bond donors (Lipinski definition) is 4. The third kappa shape index (κ3) is 11.1. The number of amides is 4. The van der Waals surface area contributed by atoms with Crippen molar-refractivity contribution < 1.29 is 28.7 Å². The summed E-state index contributed by atoms with van der Waals surface area (Å²) in [6, 6.07) is 16.7. The van der Waals surface area contributed by atoms with Gasteiger partial charge in [0.1, 0.15) is 0 Å². The molecule has 326 valence electrons. The molecule has 4 N–H and O–H groups in total. The van der Waals surface area contributed by atoms with E-state index in [4.69, 9.17) is 9.47 Å². The molecule has 1 saturated heterocycles. The highest BCUT2D eigenvalue weighted by Crippen LogP contribution is 2.33. The number of ether oxygens (including phenoxy) is 2. The molecule has 1 fully saturated rings. The van der Waals surface area contributed by atoms with Crippen LogP contribution in [-0.4, -0.2) is 115 Å². The fourth-order valence-corrected chi connectivity index (χ4v) is 7.57. The van der Waals surface area contributed by atoms with Crippen molar-refractivity contribution in [1.82, 2.24) is 40.3 Å². The second kappa shape index (κ2) is 22.4. The molecule has 5 aromatic rings. The van der Waals surface area contributed by atoms with Gasteiger partial charge in [-0.25, -0.2) is 0 Å². The predicted molar refractivity (Wildman–Crippen MR) is 242 cm³/mol. The van der Waals surface area contributed by atoms with E-state index in [-0.39, 0.29) is 42.3 Å². The Morgan fingerprint density at radius 1 is 0.887 bits per heavy atom. The van der Waals surface area contributed by atoms with Crippen LogP contribution in [0.5, 0.6) is 0 Å². The molecule has 0 aliphatic carbocycles. The van der Waals surface area contributed by atoms with E-state index in [0.717, 1.165) is 51.6 Å². The number of likely N-dealkylation sites (N-methyl/N-ethyl adjacent to an activating group) is 1. The number of nitrogens with one attached hydrogen (secondary N) is 4. The van der Waals surface area contributed by atoms with Gasteiger partial charge in [-0.2, -0.15) is 0 Å². The van der Waals surface area contributed by atoms with Crippen LogP contribution in [0.4, 0.5) is 0 Å². The largest absolute Gasteiger partial charge is 0.379 e. The lowest BCUT2D eigenvalue weighted by Crippen LogP contribution is -2.45. The maximum Gasteiger partial charge on any atom is 0.251 e. The lowest BCUT2D eigenvalue weighted by Gasteiger charge is -2.25. The number of likely N-dealkylation sites (tertiary alicyclic amines) is 1. The minimum Gasteiger partial charge on any atom is -0.379 e. The van der Waals surface area contributed by atoms with Gasteiger partial charge in [-0.15, -0.1) is 0 Å². The molecule has 2 aromatic carbocycles. The SMILES string of the molecule is C=CN=C/C(=C\C)n1ccc2c(C(=O)NCCCOCCOCCCNC(=O)c3cccc4c3ccn4-c3cncc([C@@H]4CCCN4C(=O)CNC(=O)[C@H](C)NC)c3)cccc21. The molecule has 0 spiro atoms. The zero-order valence-electron chi connectivity index (χ0n) is 35.8. The van der Waals surface area contributed by atoms with Crippen LogP contribution in [0.3, 0.4) is 0 Å². The molecule has 6 rings (SSSR count). The van der Waals surface area contributed by atoms with Crippen molar-refractivity contribution in [2.45, 2.75) is 51.6 Å². The quantitative estimate of drug-likeness (QED) is 0.0529. The normalized spacial score (nSPS) is 14.7. The summed E-state index contributed by atoms with van der Waals surface area (Å²) in [5.74, 6) is -0.652. The predicted octanol–water partition coefficient (Wildman–Crippen LogP) is 5.42. The number of aromatic nitrogens is 3. The molecular weight excluding hydrogens is 787 g/mol. The summed E-state index contributed by atoms with van der Waals surface area (Å²) >= 11 is 0. The van der Waals surface area contributed by atoms with Crippen LogP contribution in [0.15, 0.2) is 103 Å². The van der Waals surface area contributed by atoms with Gasteiger partial charge in [0.15, 0.2) is 0 Å². The van der Waals surface area contributed by atoms with Gasteiger partial charge in [-0.1, -0.05) is 24.8 Å². The van der Waals surface area contributed by atoms with Gasteiger partial charge in [0, 0.05) is 79.5 Å². The highest BCUT2D eigenvalue weighted by molar-refractivity contribution is 6.10. The van der Waals surface area contributed by atoms with E-state index in [1.54, 1.807) is 32.6 Å². The highest BCUT2D eigenvalue weighted by Gasteiger charge is 2.31. The fraction of sp³-hybridized carbons (Fsp3) is 0.362. The first kappa shape index (κ1) is 45.1. The highest BCUT2D eigenvalue weighted by atomic mass is 16.5. The van der Waals surface area contributed by atoms with E-state index in [1.807, 2.05) is 94.0 Å². The number of carbonyl (C=O) groups excluding carboxylic acids is 4. The average molecular weight is 844 g/mol. The maximum atomic E-state index is 13.3. The topological polar surface area (TPSA) is 173 Å². The molecule has 4 heterocycles. The lowest BCUT2D eigenvalue weighted by atomic mass is 10.1. The molecule has 2 atom stereocenters. The van der Waals surface area contributed by atoms with E-state index in [2.05, 4.69) is 37.8 Å². The zero-order valence-corrected chi connectivity index (χ0v) is 35.8. The Morgan fingerprint density at radius 2 is 1.55 bits per heavy atom. The number of nitrogens with zero attached hydrogens (tertiary/aromatic N) is 5. The Hall–Kier alpha value is -6.42. The van der Waals surface area contributed by atoms with Crippen molar-refractivity contribution in [3.63, 3.8) is 0 Å². The zero-order chi connectivity index (χ0) is 43.8. The van der Waals surface area contributed by atoms with Crippen molar-refractivity contribution in [2.24, 2.45) is 4.99 Å². The monoisotopic (exact) mass is 843 g/mol. The summed E-state index contributed by atoms with van der Waals surface area (Å²) in [4.78, 5) is 62.1. The molecule has 0 unspecified atom stereocenters. The van der Waals surface area contributed by atoms with Crippen molar-refractivity contribution in [1.29, 1.82) is 0 Å². The second-order valence-corrected chi connectivity index (χ2v) is 14.9. The standard InChI is InChI=1S/C47H57N9O6/c1-5-35(30-49-6-2)54-22-17-37-39(12-7-14-42(37)54)46(59)51-19-10-24-61-26-27-62-25-11-20-52-47(60)40-13-8-15-43-38(40)18-23-55(43)36-28-34(29-50-31-36)41-16-9-21-56(41)44(57)32-53-45(58)33(3)48-4/h5-8,12-15,17-18,22-23,28-31,33,41,48H,2,9-11,16,19-21,24-27,32H2,1,3-4H3,(H,51,59)(H,52,60)(H,53,58)/b35-5+,49-30?/t33-,41-/m0/s1. The first-order valence-corrected chi connectivity index (χ1v) is 21.2. The molecule has 0 bridgehead atoms. The van der Waals surface area contributed by atoms with Crippen LogP contribution in [0, 0.1) is 0 Å². The van der Waals surface area contributed by atoms with Crippen LogP contribution < -0.4 is 21.3 Å². The van der Waals surface area contributed by atoms with Crippen molar-refractivity contribution in [3.05, 3.63) is 115 Å². The molecule has 1 aliphatic heterocycles. The van der Waals surface area contributed by atoms with Gasteiger partial charge in [0.2, 0.25) is 11.8 Å². The van der Waals surface area contributed by atoms with Crippen molar-refractivity contribution >= 4 is 57.3 Å². The Kier molecular flexibility index (Phi) is 16.3. The number of fused-ring (bicyclic) bond motifs is 2. The van der Waals surface area contributed by atoms with E-state index in [9.17, 15) is 19.2 Å². The van der Waals surface area contributed by atoms with Crippen LogP contribution in [-0.2, 0) is 19.1 Å². The lowest BCUT2D eigenvalue weighted by molar-refractivity contribution is -0.134. The van der Waals surface area contributed by atoms with Gasteiger partial charge >= 0.3 is 0 Å². The molecule has 4 amide bonds. The number of allylic oxidation sites excluding steroid dienone is 2. The molecule has 3 aromatic heterocycles. The van der Waals surface area contributed by atoms with Crippen LogP contribution in [0.1, 0.15) is 71.9 Å². The number of carbonyl (C=O) groups is 4. The van der Waals surface area contributed by atoms with E-state index in [1.165, 1.54) is 6.20 Å². The van der Waals surface area contributed by atoms with E-state index >= 15 is 0 Å². The van der Waals surface area contributed by atoms with Gasteiger partial charge in [-0.05, 0) is 94.6 Å². The number of benzene rings is 2.